The Morgan fingerprint density at radius 1 is 1.67 bits per heavy atom. The lowest BCUT2D eigenvalue weighted by Gasteiger charge is -1.99. The van der Waals surface area contributed by atoms with Crippen molar-refractivity contribution in [3.8, 4) is 12.3 Å². The van der Waals surface area contributed by atoms with Gasteiger partial charge in [0.2, 0.25) is 5.90 Å². The first-order chi connectivity index (χ1) is 5.77. The lowest BCUT2D eigenvalue weighted by molar-refractivity contribution is 0.399. The van der Waals surface area contributed by atoms with Crippen molar-refractivity contribution < 1.29 is 4.74 Å². The van der Waals surface area contributed by atoms with E-state index in [1.807, 2.05) is 0 Å². The molecule has 0 fully saturated rings. The number of terminal acetylenes is 1. The van der Waals surface area contributed by atoms with Crippen LogP contribution in [0.3, 0.4) is 0 Å². The van der Waals surface area contributed by atoms with Crippen LogP contribution in [0.5, 0.6) is 0 Å². The standard InChI is InChI=1S/C9H8N2O/c1-3-7-4-5-8(11-6-7)9(10)12-2/h1,4-6,10H,2H3. The summed E-state index contributed by atoms with van der Waals surface area (Å²) in [7, 11) is 1.43. The molecule has 0 saturated carbocycles. The third kappa shape index (κ3) is 1.61. The number of hydrogen-bond donors (Lipinski definition) is 1. The SMILES string of the molecule is C#Cc1ccc(C(=N)OC)nc1. The van der Waals surface area contributed by atoms with E-state index < -0.39 is 0 Å². The summed E-state index contributed by atoms with van der Waals surface area (Å²) in [5.74, 6) is 2.48. The molecule has 0 saturated heterocycles. The molecule has 1 N–H and O–H groups in total. The lowest BCUT2D eigenvalue weighted by atomic mass is 10.2. The van der Waals surface area contributed by atoms with Gasteiger partial charge in [-0.05, 0) is 12.1 Å². The summed E-state index contributed by atoms with van der Waals surface area (Å²) in [6.07, 6.45) is 6.66. The normalized spacial score (nSPS) is 8.67. The Balaban J connectivity index is 2.94. The van der Waals surface area contributed by atoms with Gasteiger partial charge >= 0.3 is 0 Å². The maximum Gasteiger partial charge on any atom is 0.232 e. The predicted molar refractivity (Wildman–Crippen MR) is 46.0 cm³/mol. The minimum atomic E-state index is 0.0403. The fourth-order valence-corrected chi connectivity index (χ4v) is 0.718. The van der Waals surface area contributed by atoms with E-state index in [0.29, 0.717) is 11.3 Å². The van der Waals surface area contributed by atoms with Gasteiger partial charge in [-0.2, -0.15) is 0 Å². The van der Waals surface area contributed by atoms with Crippen LogP contribution in [0, 0.1) is 17.8 Å². The van der Waals surface area contributed by atoms with Crippen molar-refractivity contribution in [2.75, 3.05) is 7.11 Å². The highest BCUT2D eigenvalue weighted by Gasteiger charge is 2.00. The van der Waals surface area contributed by atoms with Gasteiger partial charge in [0.15, 0.2) is 0 Å². The van der Waals surface area contributed by atoms with Crippen molar-refractivity contribution >= 4 is 5.90 Å². The van der Waals surface area contributed by atoms with Crippen molar-refractivity contribution in [2.24, 2.45) is 0 Å². The molecule has 0 spiro atoms. The number of aromatic nitrogens is 1. The van der Waals surface area contributed by atoms with Crippen molar-refractivity contribution in [1.29, 1.82) is 5.41 Å². The summed E-state index contributed by atoms with van der Waals surface area (Å²) < 4.78 is 4.68. The molecule has 0 amide bonds. The van der Waals surface area contributed by atoms with Crippen LogP contribution in [0.25, 0.3) is 0 Å². The van der Waals surface area contributed by atoms with Crippen LogP contribution < -0.4 is 0 Å². The zero-order chi connectivity index (χ0) is 8.97. The number of rotatable bonds is 1. The first kappa shape index (κ1) is 8.28. The van der Waals surface area contributed by atoms with Gasteiger partial charge in [-0.1, -0.05) is 5.92 Å². The second-order valence-corrected chi connectivity index (χ2v) is 2.11. The zero-order valence-electron chi connectivity index (χ0n) is 6.66. The highest BCUT2D eigenvalue weighted by Crippen LogP contribution is 1.99. The minimum Gasteiger partial charge on any atom is -0.480 e. The van der Waals surface area contributed by atoms with E-state index in [9.17, 15) is 0 Å². The molecule has 0 unspecified atom stereocenters. The molecule has 0 bridgehead atoms. The number of ether oxygens (including phenoxy) is 1. The van der Waals surface area contributed by atoms with Crippen molar-refractivity contribution in [1.82, 2.24) is 4.98 Å². The topological polar surface area (TPSA) is 46.0 Å². The Bertz CT molecular complexity index is 321. The summed E-state index contributed by atoms with van der Waals surface area (Å²) in [6.45, 7) is 0. The molecule has 1 aromatic heterocycles. The molecule has 1 aromatic rings. The molecule has 0 aliphatic heterocycles. The molecular weight excluding hydrogens is 152 g/mol. The van der Waals surface area contributed by atoms with E-state index in [2.05, 4.69) is 15.6 Å². The number of pyridine rings is 1. The minimum absolute atomic E-state index is 0.0403. The summed E-state index contributed by atoms with van der Waals surface area (Å²) in [5.41, 5.74) is 1.18. The van der Waals surface area contributed by atoms with Gasteiger partial charge in [-0.15, -0.1) is 6.42 Å². The molecule has 0 aliphatic rings. The molecule has 60 valence electrons. The molecule has 3 nitrogen and oxygen atoms in total. The van der Waals surface area contributed by atoms with Crippen LogP contribution in [0.2, 0.25) is 0 Å². The number of methoxy groups -OCH3 is 1. The Hall–Kier alpha value is -1.82. The van der Waals surface area contributed by atoms with Crippen LogP contribution >= 0.6 is 0 Å². The van der Waals surface area contributed by atoms with Crippen LogP contribution in [-0.2, 0) is 4.74 Å². The van der Waals surface area contributed by atoms with E-state index in [-0.39, 0.29) is 5.90 Å². The molecule has 0 radical (unpaired) electrons. The molecule has 1 rings (SSSR count). The molecule has 1 heterocycles. The van der Waals surface area contributed by atoms with Crippen molar-refractivity contribution in [3.05, 3.63) is 29.6 Å². The summed E-state index contributed by atoms with van der Waals surface area (Å²) >= 11 is 0. The lowest BCUT2D eigenvalue weighted by Crippen LogP contribution is -2.03. The molecular formula is C9H8N2O. The highest BCUT2D eigenvalue weighted by atomic mass is 16.5. The first-order valence-electron chi connectivity index (χ1n) is 3.33. The fourth-order valence-electron chi connectivity index (χ4n) is 0.718. The van der Waals surface area contributed by atoms with Crippen LogP contribution in [-0.4, -0.2) is 18.0 Å². The Morgan fingerprint density at radius 3 is 2.83 bits per heavy atom. The van der Waals surface area contributed by atoms with E-state index >= 15 is 0 Å². The van der Waals surface area contributed by atoms with Gasteiger partial charge in [-0.3, -0.25) is 5.41 Å². The Morgan fingerprint density at radius 2 is 2.42 bits per heavy atom. The third-order valence-corrected chi connectivity index (χ3v) is 1.37. The average Bonchev–Trinajstić information content (AvgIpc) is 2.17. The quantitative estimate of drug-likeness (QED) is 0.379. The van der Waals surface area contributed by atoms with E-state index in [1.165, 1.54) is 13.3 Å². The zero-order valence-corrected chi connectivity index (χ0v) is 6.66. The second kappa shape index (κ2) is 3.54. The maximum atomic E-state index is 7.27. The molecule has 0 aliphatic carbocycles. The number of nitrogens with one attached hydrogen (secondary N) is 1. The summed E-state index contributed by atoms with van der Waals surface area (Å²) in [6, 6.07) is 3.37. The molecule has 3 heteroatoms. The van der Waals surface area contributed by atoms with Crippen LogP contribution in [0.15, 0.2) is 18.3 Å². The third-order valence-electron chi connectivity index (χ3n) is 1.37. The predicted octanol–water partition coefficient (Wildman–Crippen LogP) is 1.03. The smallest absolute Gasteiger partial charge is 0.232 e. The molecule has 0 aromatic carbocycles. The average molecular weight is 160 g/mol. The van der Waals surface area contributed by atoms with Crippen LogP contribution in [0.1, 0.15) is 11.3 Å². The van der Waals surface area contributed by atoms with Gasteiger partial charge in [0, 0.05) is 11.8 Å². The van der Waals surface area contributed by atoms with Gasteiger partial charge in [0.05, 0.1) is 7.11 Å². The van der Waals surface area contributed by atoms with Crippen molar-refractivity contribution in [3.63, 3.8) is 0 Å². The van der Waals surface area contributed by atoms with Crippen LogP contribution in [0.4, 0.5) is 0 Å². The molecule has 12 heavy (non-hydrogen) atoms. The van der Waals surface area contributed by atoms with Gasteiger partial charge in [0.25, 0.3) is 0 Å². The van der Waals surface area contributed by atoms with Crippen molar-refractivity contribution in [2.45, 2.75) is 0 Å². The van der Waals surface area contributed by atoms with Gasteiger partial charge < -0.3 is 4.74 Å². The Labute approximate surface area is 70.9 Å². The monoisotopic (exact) mass is 160 g/mol. The largest absolute Gasteiger partial charge is 0.480 e. The summed E-state index contributed by atoms with van der Waals surface area (Å²) in [5, 5.41) is 7.27. The number of hydrogen-bond acceptors (Lipinski definition) is 3. The van der Waals surface area contributed by atoms with E-state index in [4.69, 9.17) is 11.8 Å². The van der Waals surface area contributed by atoms with Gasteiger partial charge in [-0.25, -0.2) is 4.98 Å². The first-order valence-corrected chi connectivity index (χ1v) is 3.33. The highest BCUT2D eigenvalue weighted by molar-refractivity contribution is 5.89. The Kier molecular flexibility index (Phi) is 2.44. The van der Waals surface area contributed by atoms with E-state index in [1.54, 1.807) is 12.1 Å². The summed E-state index contributed by atoms with van der Waals surface area (Å²) in [4.78, 5) is 3.93. The maximum absolute atomic E-state index is 7.27. The van der Waals surface area contributed by atoms with E-state index in [0.717, 1.165) is 0 Å². The second-order valence-electron chi connectivity index (χ2n) is 2.11. The van der Waals surface area contributed by atoms with Gasteiger partial charge in [0.1, 0.15) is 5.69 Å². The number of nitrogens with zero attached hydrogens (tertiary/aromatic N) is 1. The fraction of sp³-hybridized carbons (Fsp3) is 0.111. The molecule has 0 atom stereocenters.